The number of hydrogen-bond donors (Lipinski definition) is 2. The number of aryl methyl sites for hydroxylation is 1. The quantitative estimate of drug-likeness (QED) is 0.663. The standard InChI is InChI=1S/C14H12BrFN2O/c1-8-3-2-4-11(13(8)16)19-12-7-9(15)5-6-10(12)14(17)18/h2-7H,1H3,(H3,17,18). The highest BCUT2D eigenvalue weighted by atomic mass is 79.9. The van der Waals surface area contributed by atoms with Gasteiger partial charge in [-0.2, -0.15) is 0 Å². The van der Waals surface area contributed by atoms with Crippen LogP contribution in [0.5, 0.6) is 11.5 Å². The van der Waals surface area contributed by atoms with Crippen molar-refractivity contribution in [2.24, 2.45) is 5.73 Å². The topological polar surface area (TPSA) is 59.1 Å². The molecule has 0 fully saturated rings. The Morgan fingerprint density at radius 1 is 1.26 bits per heavy atom. The molecule has 0 saturated heterocycles. The number of ether oxygens (including phenoxy) is 1. The van der Waals surface area contributed by atoms with Crippen LogP contribution in [-0.2, 0) is 0 Å². The van der Waals surface area contributed by atoms with Gasteiger partial charge in [0.05, 0.1) is 5.56 Å². The van der Waals surface area contributed by atoms with E-state index in [9.17, 15) is 4.39 Å². The molecule has 0 aromatic heterocycles. The van der Waals surface area contributed by atoms with Gasteiger partial charge in [-0.15, -0.1) is 0 Å². The van der Waals surface area contributed by atoms with Crippen LogP contribution in [0.2, 0.25) is 0 Å². The monoisotopic (exact) mass is 322 g/mol. The highest BCUT2D eigenvalue weighted by molar-refractivity contribution is 9.10. The summed E-state index contributed by atoms with van der Waals surface area (Å²) in [6.07, 6.45) is 0. The van der Waals surface area contributed by atoms with Crippen LogP contribution < -0.4 is 10.5 Å². The smallest absolute Gasteiger partial charge is 0.168 e. The van der Waals surface area contributed by atoms with Gasteiger partial charge in [-0.3, -0.25) is 5.41 Å². The van der Waals surface area contributed by atoms with Crippen molar-refractivity contribution in [1.29, 1.82) is 5.41 Å². The van der Waals surface area contributed by atoms with Crippen molar-refractivity contribution in [2.75, 3.05) is 0 Å². The molecule has 0 aliphatic heterocycles. The normalized spacial score (nSPS) is 10.3. The summed E-state index contributed by atoms with van der Waals surface area (Å²) in [5, 5.41) is 7.50. The third-order valence-electron chi connectivity index (χ3n) is 2.61. The van der Waals surface area contributed by atoms with Crippen molar-refractivity contribution in [3.63, 3.8) is 0 Å². The summed E-state index contributed by atoms with van der Waals surface area (Å²) >= 11 is 3.31. The van der Waals surface area contributed by atoms with Gasteiger partial charge in [0.25, 0.3) is 0 Å². The summed E-state index contributed by atoms with van der Waals surface area (Å²) in [6, 6.07) is 9.95. The SMILES string of the molecule is Cc1cccc(Oc2cc(Br)ccc2C(=N)N)c1F. The summed E-state index contributed by atoms with van der Waals surface area (Å²) < 4.78 is 20.2. The minimum atomic E-state index is -0.419. The van der Waals surface area contributed by atoms with Crippen molar-refractivity contribution in [2.45, 2.75) is 6.92 Å². The van der Waals surface area contributed by atoms with Gasteiger partial charge in [0.2, 0.25) is 0 Å². The number of halogens is 2. The number of hydrogen-bond acceptors (Lipinski definition) is 2. The van der Waals surface area contributed by atoms with Crippen LogP contribution in [0, 0.1) is 18.2 Å². The highest BCUT2D eigenvalue weighted by Gasteiger charge is 2.12. The lowest BCUT2D eigenvalue weighted by molar-refractivity contribution is 0.439. The molecule has 0 atom stereocenters. The van der Waals surface area contributed by atoms with E-state index in [2.05, 4.69) is 15.9 Å². The van der Waals surface area contributed by atoms with Gasteiger partial charge in [0, 0.05) is 4.47 Å². The second-order valence-corrected chi connectivity index (χ2v) is 4.96. The zero-order chi connectivity index (χ0) is 14.0. The van der Waals surface area contributed by atoms with E-state index in [-0.39, 0.29) is 11.6 Å². The molecular weight excluding hydrogens is 311 g/mol. The molecule has 3 nitrogen and oxygen atoms in total. The van der Waals surface area contributed by atoms with E-state index >= 15 is 0 Å². The van der Waals surface area contributed by atoms with E-state index in [1.807, 2.05) is 0 Å². The fraction of sp³-hybridized carbons (Fsp3) is 0.0714. The van der Waals surface area contributed by atoms with Crippen molar-refractivity contribution < 1.29 is 9.13 Å². The first kappa shape index (κ1) is 13.5. The van der Waals surface area contributed by atoms with Crippen molar-refractivity contribution >= 4 is 21.8 Å². The molecule has 0 unspecified atom stereocenters. The predicted molar refractivity (Wildman–Crippen MR) is 76.4 cm³/mol. The minimum absolute atomic E-state index is 0.112. The summed E-state index contributed by atoms with van der Waals surface area (Å²) in [6.45, 7) is 1.66. The maximum absolute atomic E-state index is 13.9. The molecule has 0 aliphatic rings. The summed E-state index contributed by atoms with van der Waals surface area (Å²) in [5.41, 5.74) is 6.40. The molecule has 0 spiro atoms. The van der Waals surface area contributed by atoms with Crippen LogP contribution in [0.25, 0.3) is 0 Å². The molecule has 98 valence electrons. The van der Waals surface area contributed by atoms with Gasteiger partial charge >= 0.3 is 0 Å². The summed E-state index contributed by atoms with van der Waals surface area (Å²) in [5.74, 6) is -0.0977. The van der Waals surface area contributed by atoms with Crippen molar-refractivity contribution in [1.82, 2.24) is 0 Å². The first-order valence-corrected chi connectivity index (χ1v) is 6.35. The maximum Gasteiger partial charge on any atom is 0.168 e. The van der Waals surface area contributed by atoms with Crippen LogP contribution in [0.1, 0.15) is 11.1 Å². The third-order valence-corrected chi connectivity index (χ3v) is 3.10. The molecule has 0 saturated carbocycles. The van der Waals surface area contributed by atoms with Gasteiger partial charge in [0.15, 0.2) is 11.6 Å². The summed E-state index contributed by atoms with van der Waals surface area (Å²) in [4.78, 5) is 0. The molecule has 0 aliphatic carbocycles. The second-order valence-electron chi connectivity index (χ2n) is 4.04. The van der Waals surface area contributed by atoms with Crippen molar-refractivity contribution in [3.05, 3.63) is 57.8 Å². The Kier molecular flexibility index (Phi) is 3.85. The first-order chi connectivity index (χ1) is 8.99. The predicted octanol–water partition coefficient (Wildman–Crippen LogP) is 3.97. The lowest BCUT2D eigenvalue weighted by Gasteiger charge is -2.12. The fourth-order valence-electron chi connectivity index (χ4n) is 1.62. The van der Waals surface area contributed by atoms with E-state index < -0.39 is 5.82 Å². The molecule has 2 aromatic rings. The average molecular weight is 323 g/mol. The molecule has 19 heavy (non-hydrogen) atoms. The molecular formula is C14H12BrFN2O. The minimum Gasteiger partial charge on any atom is -0.453 e. The molecule has 0 heterocycles. The van der Waals surface area contributed by atoms with Crippen LogP contribution in [0.4, 0.5) is 4.39 Å². The van der Waals surface area contributed by atoms with E-state index in [0.717, 1.165) is 4.47 Å². The van der Waals surface area contributed by atoms with E-state index in [4.69, 9.17) is 15.9 Å². The van der Waals surface area contributed by atoms with Gasteiger partial charge in [0.1, 0.15) is 11.6 Å². The van der Waals surface area contributed by atoms with E-state index in [1.165, 1.54) is 6.07 Å². The Morgan fingerprint density at radius 2 is 2.00 bits per heavy atom. The third kappa shape index (κ3) is 2.93. The Morgan fingerprint density at radius 3 is 2.68 bits per heavy atom. The Balaban J connectivity index is 2.45. The number of amidine groups is 1. The highest BCUT2D eigenvalue weighted by Crippen LogP contribution is 2.30. The van der Waals surface area contributed by atoms with Gasteiger partial charge in [-0.1, -0.05) is 28.1 Å². The van der Waals surface area contributed by atoms with Gasteiger partial charge in [-0.25, -0.2) is 4.39 Å². The number of nitrogens with two attached hydrogens (primary N) is 1. The lowest BCUT2D eigenvalue weighted by atomic mass is 10.2. The molecule has 0 radical (unpaired) electrons. The zero-order valence-corrected chi connectivity index (χ0v) is 11.8. The molecule has 0 bridgehead atoms. The number of rotatable bonds is 3. The number of benzene rings is 2. The summed E-state index contributed by atoms with van der Waals surface area (Å²) in [7, 11) is 0. The first-order valence-electron chi connectivity index (χ1n) is 5.56. The number of nitrogens with one attached hydrogen (secondary N) is 1. The number of nitrogen functional groups attached to an aromatic ring is 1. The lowest BCUT2D eigenvalue weighted by Crippen LogP contribution is -2.12. The largest absolute Gasteiger partial charge is 0.453 e. The van der Waals surface area contributed by atoms with Gasteiger partial charge < -0.3 is 10.5 Å². The molecule has 0 amide bonds. The van der Waals surface area contributed by atoms with Crippen molar-refractivity contribution in [3.8, 4) is 11.5 Å². The molecule has 3 N–H and O–H groups in total. The van der Waals surface area contributed by atoms with Gasteiger partial charge in [-0.05, 0) is 36.8 Å². The van der Waals surface area contributed by atoms with E-state index in [1.54, 1.807) is 37.3 Å². The Bertz CT molecular complexity index is 643. The Labute approximate surface area is 118 Å². The molecule has 5 heteroatoms. The van der Waals surface area contributed by atoms with E-state index in [0.29, 0.717) is 16.9 Å². The van der Waals surface area contributed by atoms with Crippen LogP contribution >= 0.6 is 15.9 Å². The zero-order valence-electron chi connectivity index (χ0n) is 10.2. The molecule has 2 rings (SSSR count). The maximum atomic E-state index is 13.9. The fourth-order valence-corrected chi connectivity index (χ4v) is 1.96. The average Bonchev–Trinajstić information content (AvgIpc) is 2.35. The molecule has 2 aromatic carbocycles. The Hall–Kier alpha value is -1.88. The second kappa shape index (κ2) is 5.40. The van der Waals surface area contributed by atoms with Crippen LogP contribution in [-0.4, -0.2) is 5.84 Å². The van der Waals surface area contributed by atoms with Crippen LogP contribution in [0.3, 0.4) is 0 Å². The van der Waals surface area contributed by atoms with Crippen LogP contribution in [0.15, 0.2) is 40.9 Å².